The number of aromatic nitrogens is 2. The normalized spacial score (nSPS) is 17.5. The van der Waals surface area contributed by atoms with Gasteiger partial charge in [-0.1, -0.05) is 43.2 Å². The van der Waals surface area contributed by atoms with Crippen LogP contribution in [0.15, 0.2) is 40.5 Å². The molecule has 1 aliphatic heterocycles. The van der Waals surface area contributed by atoms with Crippen LogP contribution in [0, 0.1) is 0 Å². The summed E-state index contributed by atoms with van der Waals surface area (Å²) in [5.41, 5.74) is 2.01. The number of benzene rings is 1. The molecule has 4 nitrogen and oxygen atoms in total. The third kappa shape index (κ3) is 3.26. The number of nitrogens with zero attached hydrogens (tertiary/aromatic N) is 2. The number of likely N-dealkylation sites (tertiary alicyclic amines) is 1. The Morgan fingerprint density at radius 2 is 1.84 bits per heavy atom. The van der Waals surface area contributed by atoms with E-state index in [1.165, 1.54) is 25.7 Å². The first kappa shape index (κ1) is 16.5. The van der Waals surface area contributed by atoms with Crippen molar-refractivity contribution in [1.82, 2.24) is 14.9 Å². The minimum absolute atomic E-state index is 0.0261. The Hall–Kier alpha value is -1.98. The molecule has 4 rings (SSSR count). The summed E-state index contributed by atoms with van der Waals surface area (Å²) in [6.45, 7) is 4.33. The van der Waals surface area contributed by atoms with Crippen LogP contribution in [0.25, 0.3) is 21.3 Å². The Morgan fingerprint density at radius 3 is 2.56 bits per heavy atom. The van der Waals surface area contributed by atoms with Gasteiger partial charge in [-0.15, -0.1) is 11.3 Å². The first-order valence-corrected chi connectivity index (χ1v) is 9.93. The van der Waals surface area contributed by atoms with Crippen LogP contribution in [0.1, 0.15) is 44.5 Å². The number of thiophene rings is 1. The minimum atomic E-state index is -0.0261. The van der Waals surface area contributed by atoms with Crippen molar-refractivity contribution < 1.29 is 0 Å². The Kier molecular flexibility index (Phi) is 4.68. The lowest BCUT2D eigenvalue weighted by molar-refractivity contribution is 0.211. The van der Waals surface area contributed by atoms with Crippen LogP contribution >= 0.6 is 11.3 Å². The maximum atomic E-state index is 12.8. The molecule has 5 heteroatoms. The molecule has 0 radical (unpaired) electrons. The Morgan fingerprint density at radius 1 is 1.12 bits per heavy atom. The summed E-state index contributed by atoms with van der Waals surface area (Å²) in [6.07, 6.45) is 5.07. The molecule has 1 fully saturated rings. The zero-order valence-corrected chi connectivity index (χ0v) is 15.3. The molecule has 1 N–H and O–H groups in total. The second kappa shape index (κ2) is 7.10. The van der Waals surface area contributed by atoms with E-state index >= 15 is 0 Å². The van der Waals surface area contributed by atoms with E-state index in [1.54, 1.807) is 11.3 Å². The fraction of sp³-hybridized carbons (Fsp3) is 0.400. The first-order chi connectivity index (χ1) is 12.2. The molecule has 1 atom stereocenters. The lowest BCUT2D eigenvalue weighted by Crippen LogP contribution is -2.30. The molecule has 3 heterocycles. The highest BCUT2D eigenvalue weighted by Gasteiger charge is 2.21. The molecule has 0 saturated carbocycles. The second-order valence-electron chi connectivity index (χ2n) is 6.77. The molecular weight excluding hydrogens is 330 g/mol. The van der Waals surface area contributed by atoms with Crippen molar-refractivity contribution in [2.45, 2.75) is 38.6 Å². The smallest absolute Gasteiger partial charge is 0.260 e. The maximum absolute atomic E-state index is 12.8. The van der Waals surface area contributed by atoms with Gasteiger partial charge in [-0.05, 0) is 38.4 Å². The molecule has 0 spiro atoms. The van der Waals surface area contributed by atoms with E-state index in [0.717, 1.165) is 34.9 Å². The molecule has 1 saturated heterocycles. The molecule has 25 heavy (non-hydrogen) atoms. The van der Waals surface area contributed by atoms with Crippen LogP contribution in [0.3, 0.4) is 0 Å². The van der Waals surface area contributed by atoms with Gasteiger partial charge in [0.15, 0.2) is 0 Å². The number of H-pyrrole nitrogens is 1. The predicted octanol–water partition coefficient (Wildman–Crippen LogP) is 4.59. The SMILES string of the molecule is C[C@H](c1nc2scc(-c3ccccc3)c2c(=O)[nH]1)N1CCCCCC1. The topological polar surface area (TPSA) is 49.0 Å². The summed E-state index contributed by atoms with van der Waals surface area (Å²) in [6, 6.07) is 10.2. The summed E-state index contributed by atoms with van der Waals surface area (Å²) in [4.78, 5) is 24.0. The van der Waals surface area contributed by atoms with Gasteiger partial charge in [0, 0.05) is 10.9 Å². The highest BCUT2D eigenvalue weighted by Crippen LogP contribution is 2.31. The Labute approximate surface area is 151 Å². The van der Waals surface area contributed by atoms with Crippen molar-refractivity contribution >= 4 is 21.6 Å². The number of nitrogens with one attached hydrogen (secondary N) is 1. The fourth-order valence-corrected chi connectivity index (χ4v) is 4.60. The first-order valence-electron chi connectivity index (χ1n) is 9.05. The average Bonchev–Trinajstić information content (AvgIpc) is 2.89. The number of fused-ring (bicyclic) bond motifs is 1. The van der Waals surface area contributed by atoms with Crippen LogP contribution in [0.5, 0.6) is 0 Å². The summed E-state index contributed by atoms with van der Waals surface area (Å²) in [7, 11) is 0. The Balaban J connectivity index is 1.72. The molecule has 3 aromatic rings. The monoisotopic (exact) mass is 353 g/mol. The molecule has 0 amide bonds. The van der Waals surface area contributed by atoms with Gasteiger partial charge in [0.25, 0.3) is 5.56 Å². The van der Waals surface area contributed by atoms with Crippen molar-refractivity contribution in [3.63, 3.8) is 0 Å². The van der Waals surface area contributed by atoms with E-state index in [0.29, 0.717) is 5.39 Å². The second-order valence-corrected chi connectivity index (χ2v) is 7.63. The lowest BCUT2D eigenvalue weighted by Gasteiger charge is -2.26. The third-order valence-electron chi connectivity index (χ3n) is 5.13. The summed E-state index contributed by atoms with van der Waals surface area (Å²) >= 11 is 1.56. The van der Waals surface area contributed by atoms with Gasteiger partial charge in [0.05, 0.1) is 11.4 Å². The van der Waals surface area contributed by atoms with E-state index in [1.807, 2.05) is 35.7 Å². The quantitative estimate of drug-likeness (QED) is 0.749. The van der Waals surface area contributed by atoms with E-state index in [4.69, 9.17) is 4.98 Å². The number of hydrogen-bond donors (Lipinski definition) is 1. The van der Waals surface area contributed by atoms with Crippen molar-refractivity contribution in [3.05, 3.63) is 51.9 Å². The predicted molar refractivity (Wildman–Crippen MR) is 104 cm³/mol. The number of rotatable bonds is 3. The number of aromatic amines is 1. The largest absolute Gasteiger partial charge is 0.309 e. The van der Waals surface area contributed by atoms with E-state index in [-0.39, 0.29) is 11.6 Å². The van der Waals surface area contributed by atoms with Crippen molar-refractivity contribution in [1.29, 1.82) is 0 Å². The van der Waals surface area contributed by atoms with Gasteiger partial charge in [0.1, 0.15) is 10.7 Å². The van der Waals surface area contributed by atoms with Crippen molar-refractivity contribution in [2.75, 3.05) is 13.1 Å². The standard InChI is InChI=1S/C20H23N3OS/c1-14(23-11-7-2-3-8-12-23)18-21-19(24)17-16(13-25-20(17)22-18)15-9-5-4-6-10-15/h4-6,9-10,13-14H,2-3,7-8,11-12H2,1H3,(H,21,22,24)/t14-/m1/s1. The molecular formula is C20H23N3OS. The van der Waals surface area contributed by atoms with Crippen LogP contribution in [0.4, 0.5) is 0 Å². The molecule has 1 aromatic carbocycles. The lowest BCUT2D eigenvalue weighted by atomic mass is 10.1. The molecule has 1 aliphatic rings. The summed E-state index contributed by atoms with van der Waals surface area (Å²) < 4.78 is 0. The molecule has 130 valence electrons. The zero-order chi connectivity index (χ0) is 17.2. The summed E-state index contributed by atoms with van der Waals surface area (Å²) in [5, 5.41) is 2.76. The maximum Gasteiger partial charge on any atom is 0.260 e. The summed E-state index contributed by atoms with van der Waals surface area (Å²) in [5.74, 6) is 0.792. The Bertz CT molecular complexity index is 908. The molecule has 2 aromatic heterocycles. The van der Waals surface area contributed by atoms with Crippen molar-refractivity contribution in [3.8, 4) is 11.1 Å². The van der Waals surface area contributed by atoms with E-state index in [2.05, 4.69) is 16.8 Å². The minimum Gasteiger partial charge on any atom is -0.309 e. The van der Waals surface area contributed by atoms with E-state index in [9.17, 15) is 4.79 Å². The highest BCUT2D eigenvalue weighted by molar-refractivity contribution is 7.17. The van der Waals surface area contributed by atoms with Crippen LogP contribution < -0.4 is 5.56 Å². The van der Waals surface area contributed by atoms with Gasteiger partial charge in [-0.25, -0.2) is 4.98 Å². The van der Waals surface area contributed by atoms with Gasteiger partial charge >= 0.3 is 0 Å². The van der Waals surface area contributed by atoms with Crippen LogP contribution in [-0.2, 0) is 0 Å². The van der Waals surface area contributed by atoms with Gasteiger partial charge < -0.3 is 4.98 Å². The van der Waals surface area contributed by atoms with Crippen LogP contribution in [0.2, 0.25) is 0 Å². The molecule has 0 aliphatic carbocycles. The average molecular weight is 353 g/mol. The van der Waals surface area contributed by atoms with Crippen molar-refractivity contribution in [2.24, 2.45) is 0 Å². The molecule has 0 unspecified atom stereocenters. The zero-order valence-electron chi connectivity index (χ0n) is 14.5. The fourth-order valence-electron chi connectivity index (χ4n) is 3.65. The van der Waals surface area contributed by atoms with Gasteiger partial charge in [-0.3, -0.25) is 9.69 Å². The van der Waals surface area contributed by atoms with Crippen LogP contribution in [-0.4, -0.2) is 28.0 Å². The third-order valence-corrected chi connectivity index (χ3v) is 6.00. The van der Waals surface area contributed by atoms with Gasteiger partial charge in [-0.2, -0.15) is 0 Å². The highest BCUT2D eigenvalue weighted by atomic mass is 32.1. The van der Waals surface area contributed by atoms with Gasteiger partial charge in [0.2, 0.25) is 0 Å². The van der Waals surface area contributed by atoms with E-state index < -0.39 is 0 Å². The molecule has 0 bridgehead atoms. The number of hydrogen-bond acceptors (Lipinski definition) is 4.